The SMILES string of the molecule is CNC(=O)[C@H](Cc1cccc(F)c1)NC(=O)[C@@H](NC(=O)[C@H](CC(C)C)C[N+](=O)[O-])C(C)(C)C. The lowest BCUT2D eigenvalue weighted by Crippen LogP contribution is -2.59. The summed E-state index contributed by atoms with van der Waals surface area (Å²) in [7, 11) is 1.42. The molecule has 0 aromatic heterocycles. The number of hydrogen-bond donors (Lipinski definition) is 3. The number of likely N-dealkylation sites (N-methyl/N-ethyl adjacent to an activating group) is 1. The third-order valence-corrected chi connectivity index (χ3v) is 5.12. The van der Waals surface area contributed by atoms with Crippen LogP contribution >= 0.6 is 0 Å². The van der Waals surface area contributed by atoms with E-state index in [-0.39, 0.29) is 12.3 Å². The highest BCUT2D eigenvalue weighted by Gasteiger charge is 2.37. The van der Waals surface area contributed by atoms with Crippen LogP contribution in [0.25, 0.3) is 0 Å². The van der Waals surface area contributed by atoms with Gasteiger partial charge < -0.3 is 16.0 Å². The molecule has 3 amide bonds. The van der Waals surface area contributed by atoms with Crippen LogP contribution in [0.5, 0.6) is 0 Å². The lowest BCUT2D eigenvalue weighted by molar-refractivity contribution is -0.486. The van der Waals surface area contributed by atoms with Crippen molar-refractivity contribution in [3.05, 3.63) is 45.8 Å². The molecule has 0 heterocycles. The maximum Gasteiger partial charge on any atom is 0.243 e. The maximum absolute atomic E-state index is 13.6. The second kappa shape index (κ2) is 12.3. The minimum absolute atomic E-state index is 0.0469. The summed E-state index contributed by atoms with van der Waals surface area (Å²) in [5.41, 5.74) is -0.230. The molecular formula is C23H35FN4O5. The predicted octanol–water partition coefficient (Wildman–Crippen LogP) is 2.07. The molecule has 0 spiro atoms. The van der Waals surface area contributed by atoms with Gasteiger partial charge >= 0.3 is 0 Å². The number of carbonyl (C=O) groups is 3. The van der Waals surface area contributed by atoms with E-state index in [4.69, 9.17) is 0 Å². The van der Waals surface area contributed by atoms with E-state index < -0.39 is 58.4 Å². The fraction of sp³-hybridized carbons (Fsp3) is 0.609. The molecule has 10 heteroatoms. The van der Waals surface area contributed by atoms with Gasteiger partial charge in [-0.3, -0.25) is 24.5 Å². The van der Waals surface area contributed by atoms with E-state index in [2.05, 4.69) is 16.0 Å². The molecule has 9 nitrogen and oxygen atoms in total. The van der Waals surface area contributed by atoms with Gasteiger partial charge in [-0.1, -0.05) is 46.8 Å². The molecule has 0 aliphatic heterocycles. The van der Waals surface area contributed by atoms with Crippen LogP contribution in [-0.2, 0) is 20.8 Å². The fourth-order valence-electron chi connectivity index (χ4n) is 3.49. The highest BCUT2D eigenvalue weighted by atomic mass is 19.1. The van der Waals surface area contributed by atoms with Gasteiger partial charge in [-0.2, -0.15) is 0 Å². The highest BCUT2D eigenvalue weighted by molar-refractivity contribution is 5.93. The first-order valence-corrected chi connectivity index (χ1v) is 10.9. The molecule has 0 fully saturated rings. The molecule has 0 aliphatic rings. The van der Waals surface area contributed by atoms with Gasteiger partial charge in [0.15, 0.2) is 0 Å². The van der Waals surface area contributed by atoms with Crippen LogP contribution in [0.2, 0.25) is 0 Å². The standard InChI is InChI=1S/C23H35FN4O5/c1-14(2)10-16(13-28(32)33)20(29)27-19(23(3,4)5)22(31)26-18(21(30)25-6)12-15-8-7-9-17(24)11-15/h7-9,11,14,16,18-19H,10,12-13H2,1-6H3,(H,25,30)(H,26,31)(H,27,29)/t16-,18+,19-/m1/s1. The quantitative estimate of drug-likeness (QED) is 0.339. The van der Waals surface area contributed by atoms with Gasteiger partial charge in [0, 0.05) is 18.4 Å². The van der Waals surface area contributed by atoms with Crippen molar-refractivity contribution in [3.63, 3.8) is 0 Å². The molecule has 184 valence electrons. The Bertz CT molecular complexity index is 853. The second-order valence-electron chi connectivity index (χ2n) is 9.66. The topological polar surface area (TPSA) is 130 Å². The van der Waals surface area contributed by atoms with Gasteiger partial charge in [-0.15, -0.1) is 0 Å². The summed E-state index contributed by atoms with van der Waals surface area (Å²) in [6, 6.07) is 3.65. The smallest absolute Gasteiger partial charge is 0.243 e. The average molecular weight is 467 g/mol. The van der Waals surface area contributed by atoms with Gasteiger partial charge in [0.1, 0.15) is 23.8 Å². The highest BCUT2D eigenvalue weighted by Crippen LogP contribution is 2.22. The van der Waals surface area contributed by atoms with Crippen LogP contribution in [0.15, 0.2) is 24.3 Å². The molecule has 0 saturated carbocycles. The van der Waals surface area contributed by atoms with Crippen LogP contribution in [0.3, 0.4) is 0 Å². The number of nitrogens with one attached hydrogen (secondary N) is 3. The van der Waals surface area contributed by atoms with E-state index in [1.807, 2.05) is 13.8 Å². The first-order valence-electron chi connectivity index (χ1n) is 10.9. The third-order valence-electron chi connectivity index (χ3n) is 5.12. The zero-order chi connectivity index (χ0) is 25.3. The van der Waals surface area contributed by atoms with Gasteiger partial charge in [-0.25, -0.2) is 4.39 Å². The first-order chi connectivity index (χ1) is 15.2. The maximum atomic E-state index is 13.6. The number of halogens is 1. The van der Waals surface area contributed by atoms with Gasteiger partial charge in [0.2, 0.25) is 24.3 Å². The van der Waals surface area contributed by atoms with Crippen molar-refractivity contribution in [1.82, 2.24) is 16.0 Å². The van der Waals surface area contributed by atoms with Crippen molar-refractivity contribution < 1.29 is 23.7 Å². The van der Waals surface area contributed by atoms with Crippen molar-refractivity contribution in [2.45, 2.75) is 59.5 Å². The molecule has 3 N–H and O–H groups in total. The van der Waals surface area contributed by atoms with Crippen LogP contribution in [0.4, 0.5) is 4.39 Å². The normalized spacial score (nSPS) is 14.2. The zero-order valence-electron chi connectivity index (χ0n) is 20.1. The number of rotatable bonds is 11. The Kier molecular flexibility index (Phi) is 10.4. The fourth-order valence-corrected chi connectivity index (χ4v) is 3.49. The average Bonchev–Trinajstić information content (AvgIpc) is 2.68. The first kappa shape index (κ1) is 28.0. The molecule has 3 atom stereocenters. The van der Waals surface area contributed by atoms with Crippen molar-refractivity contribution in [3.8, 4) is 0 Å². The van der Waals surface area contributed by atoms with Crippen LogP contribution in [-0.4, -0.2) is 48.3 Å². The number of nitro groups is 1. The van der Waals surface area contributed by atoms with Gasteiger partial charge in [0.25, 0.3) is 0 Å². The number of hydrogen-bond acceptors (Lipinski definition) is 5. The summed E-state index contributed by atoms with van der Waals surface area (Å²) in [5, 5.41) is 18.8. The summed E-state index contributed by atoms with van der Waals surface area (Å²) >= 11 is 0. The van der Waals surface area contributed by atoms with E-state index in [1.54, 1.807) is 26.8 Å². The van der Waals surface area contributed by atoms with E-state index in [9.17, 15) is 28.9 Å². The van der Waals surface area contributed by atoms with Crippen LogP contribution < -0.4 is 16.0 Å². The summed E-state index contributed by atoms with van der Waals surface area (Å²) < 4.78 is 13.6. The van der Waals surface area contributed by atoms with E-state index in [0.29, 0.717) is 12.0 Å². The molecule has 1 aromatic rings. The van der Waals surface area contributed by atoms with Crippen molar-refractivity contribution in [1.29, 1.82) is 0 Å². The molecule has 0 bridgehead atoms. The number of benzene rings is 1. The lowest BCUT2D eigenvalue weighted by atomic mass is 9.85. The molecule has 1 rings (SSSR count). The molecule has 1 aromatic carbocycles. The van der Waals surface area contributed by atoms with Crippen LogP contribution in [0, 0.1) is 33.2 Å². The molecule has 0 radical (unpaired) electrons. The summed E-state index contributed by atoms with van der Waals surface area (Å²) in [5.74, 6) is -2.97. The summed E-state index contributed by atoms with van der Waals surface area (Å²) in [4.78, 5) is 48.9. The third kappa shape index (κ3) is 9.55. The predicted molar refractivity (Wildman–Crippen MR) is 122 cm³/mol. The Hall–Kier alpha value is -3.04. The Morgan fingerprint density at radius 1 is 1.09 bits per heavy atom. The summed E-state index contributed by atoms with van der Waals surface area (Å²) in [6.07, 6.45) is 0.344. The summed E-state index contributed by atoms with van der Waals surface area (Å²) in [6.45, 7) is 8.39. The Morgan fingerprint density at radius 2 is 1.73 bits per heavy atom. The molecule has 0 saturated heterocycles. The monoisotopic (exact) mass is 466 g/mol. The number of carbonyl (C=O) groups excluding carboxylic acids is 3. The Morgan fingerprint density at radius 3 is 2.21 bits per heavy atom. The van der Waals surface area contributed by atoms with Crippen molar-refractivity contribution in [2.24, 2.45) is 17.3 Å². The lowest BCUT2D eigenvalue weighted by Gasteiger charge is -2.32. The van der Waals surface area contributed by atoms with E-state index >= 15 is 0 Å². The number of nitrogens with zero attached hydrogens (tertiary/aromatic N) is 1. The minimum atomic E-state index is -1.05. The van der Waals surface area contributed by atoms with E-state index in [0.717, 1.165) is 0 Å². The molecule has 33 heavy (non-hydrogen) atoms. The number of amides is 3. The molecule has 0 aliphatic carbocycles. The van der Waals surface area contributed by atoms with Crippen molar-refractivity contribution >= 4 is 17.7 Å². The van der Waals surface area contributed by atoms with Gasteiger partial charge in [-0.05, 0) is 35.4 Å². The molecular weight excluding hydrogens is 431 g/mol. The second-order valence-corrected chi connectivity index (χ2v) is 9.66. The molecule has 0 unspecified atom stereocenters. The van der Waals surface area contributed by atoms with Gasteiger partial charge in [0.05, 0.1) is 0 Å². The Balaban J connectivity index is 3.09. The van der Waals surface area contributed by atoms with E-state index in [1.165, 1.54) is 25.2 Å². The Labute approximate surface area is 194 Å². The van der Waals surface area contributed by atoms with Crippen LogP contribution in [0.1, 0.15) is 46.6 Å². The zero-order valence-corrected chi connectivity index (χ0v) is 20.1. The van der Waals surface area contributed by atoms with Crippen molar-refractivity contribution in [2.75, 3.05) is 13.6 Å². The minimum Gasteiger partial charge on any atom is -0.357 e. The largest absolute Gasteiger partial charge is 0.357 e.